The zero-order valence-corrected chi connectivity index (χ0v) is 6.63. The van der Waals surface area contributed by atoms with Gasteiger partial charge in [0.15, 0.2) is 0 Å². The first-order chi connectivity index (χ1) is 3.50. The topological polar surface area (TPSA) is 29.1 Å². The quantitative estimate of drug-likeness (QED) is 0.513. The Labute approximate surface area is 51.4 Å². The van der Waals surface area contributed by atoms with Crippen molar-refractivity contribution in [3.8, 4) is 0 Å². The molecule has 0 spiro atoms. The van der Waals surface area contributed by atoms with Crippen molar-refractivity contribution in [2.75, 3.05) is 13.3 Å². The van der Waals surface area contributed by atoms with Gasteiger partial charge in [0.2, 0.25) is 0 Å². The Hall–Kier alpha value is -0.0200. The van der Waals surface area contributed by atoms with E-state index < -0.39 is 9.71 Å². The van der Waals surface area contributed by atoms with Crippen molar-refractivity contribution < 1.29 is 4.21 Å². The maximum atomic E-state index is 11.1. The van der Waals surface area contributed by atoms with Gasteiger partial charge in [-0.25, -0.2) is 4.72 Å². The predicted molar refractivity (Wildman–Crippen MR) is 39.5 cm³/mol. The van der Waals surface area contributed by atoms with Crippen molar-refractivity contribution in [1.29, 1.82) is 0 Å². The molecule has 0 rings (SSSR count). The Morgan fingerprint density at radius 1 is 1.50 bits per heavy atom. The van der Waals surface area contributed by atoms with Gasteiger partial charge >= 0.3 is 0 Å². The molecule has 0 saturated heterocycles. The average molecular weight is 135 g/mol. The lowest BCUT2D eigenvalue weighted by Crippen LogP contribution is -2.21. The van der Waals surface area contributed by atoms with Gasteiger partial charge in [-0.1, -0.05) is 0 Å². The summed E-state index contributed by atoms with van der Waals surface area (Å²) >= 11 is 0. The summed E-state index contributed by atoms with van der Waals surface area (Å²) < 4.78 is 13.8. The monoisotopic (exact) mass is 135 g/mol. The minimum Gasteiger partial charge on any atom is -0.253 e. The fourth-order valence-electron chi connectivity index (χ4n) is 0.204. The average Bonchev–Trinajstić information content (AvgIpc) is 1.67. The van der Waals surface area contributed by atoms with Gasteiger partial charge in [0.05, 0.1) is 0 Å². The Kier molecular flexibility index (Phi) is 2.50. The molecule has 0 bridgehead atoms. The molecule has 0 aromatic carbocycles. The summed E-state index contributed by atoms with van der Waals surface area (Å²) in [6.07, 6.45) is 1.70. The van der Waals surface area contributed by atoms with Crippen molar-refractivity contribution in [1.82, 2.24) is 4.72 Å². The molecule has 1 unspecified atom stereocenters. The van der Waals surface area contributed by atoms with Gasteiger partial charge in [0.1, 0.15) is 0 Å². The molecule has 0 aliphatic rings. The van der Waals surface area contributed by atoms with E-state index in [1.54, 1.807) is 13.3 Å². The smallest absolute Gasteiger partial charge is 0.0272 e. The molecule has 1 atom stereocenters. The third-order valence-electron chi connectivity index (χ3n) is 1.17. The third-order valence-corrected chi connectivity index (χ3v) is 3.51. The molecule has 0 aliphatic carbocycles. The Bertz CT molecular complexity index is 173. The van der Waals surface area contributed by atoms with Crippen LogP contribution < -0.4 is 4.72 Å². The van der Waals surface area contributed by atoms with Gasteiger partial charge in [0, 0.05) is 16.0 Å². The number of hydrogen-bond acceptors (Lipinski definition) is 1. The summed E-state index contributed by atoms with van der Waals surface area (Å²) in [5, 5.41) is 0. The third kappa shape index (κ3) is 1.84. The van der Waals surface area contributed by atoms with E-state index in [1.807, 2.05) is 13.8 Å². The van der Waals surface area contributed by atoms with Crippen LogP contribution in [0.1, 0.15) is 13.8 Å². The van der Waals surface area contributed by atoms with Crippen molar-refractivity contribution >= 4 is 14.6 Å². The first-order valence-electron chi connectivity index (χ1n) is 2.48. The lowest BCUT2D eigenvalue weighted by atomic mass is 10.6. The second-order valence-electron chi connectivity index (χ2n) is 1.96. The van der Waals surface area contributed by atoms with Gasteiger partial charge in [0.25, 0.3) is 0 Å². The minimum atomic E-state index is -1.82. The molecule has 0 aromatic heterocycles. The largest absolute Gasteiger partial charge is 0.253 e. The zero-order valence-electron chi connectivity index (χ0n) is 5.82. The van der Waals surface area contributed by atoms with Crippen LogP contribution in [-0.2, 0) is 9.71 Å². The number of rotatable bonds is 1. The van der Waals surface area contributed by atoms with Crippen LogP contribution in [0.2, 0.25) is 0 Å². The lowest BCUT2D eigenvalue weighted by Gasteiger charge is -2.02. The maximum absolute atomic E-state index is 11.1. The van der Waals surface area contributed by atoms with E-state index in [4.69, 9.17) is 0 Å². The van der Waals surface area contributed by atoms with Gasteiger partial charge in [-0.2, -0.15) is 0 Å². The minimum absolute atomic E-state index is 0.944. The first-order valence-corrected chi connectivity index (χ1v) is 4.45. The van der Waals surface area contributed by atoms with E-state index in [0.29, 0.717) is 0 Å². The van der Waals surface area contributed by atoms with Gasteiger partial charge in [-0.3, -0.25) is 4.21 Å². The van der Waals surface area contributed by atoms with Crippen molar-refractivity contribution in [2.24, 2.45) is 0 Å². The van der Waals surface area contributed by atoms with Crippen LogP contribution in [0.25, 0.3) is 0 Å². The van der Waals surface area contributed by atoms with Crippen LogP contribution in [0, 0.1) is 0 Å². The summed E-state index contributed by atoms with van der Waals surface area (Å²) in [4.78, 5) is 0.944. The molecular formula is C5H13NOS. The summed E-state index contributed by atoms with van der Waals surface area (Å²) in [6, 6.07) is 0. The highest BCUT2D eigenvalue weighted by Crippen LogP contribution is 1.80. The molecule has 0 heterocycles. The van der Waals surface area contributed by atoms with Crippen LogP contribution >= 0.6 is 0 Å². The second kappa shape index (κ2) is 2.51. The molecule has 0 aromatic rings. The van der Waals surface area contributed by atoms with Crippen LogP contribution in [-0.4, -0.2) is 22.4 Å². The van der Waals surface area contributed by atoms with Crippen LogP contribution in [0.15, 0.2) is 0 Å². The van der Waals surface area contributed by atoms with Gasteiger partial charge in [-0.05, 0) is 25.8 Å². The van der Waals surface area contributed by atoms with E-state index in [2.05, 4.69) is 4.72 Å². The molecule has 1 N–H and O–H groups in total. The molecule has 8 heavy (non-hydrogen) atoms. The molecule has 50 valence electrons. The normalized spacial score (nSPS) is 17.5. The van der Waals surface area contributed by atoms with Crippen LogP contribution in [0.4, 0.5) is 0 Å². The zero-order chi connectivity index (χ0) is 6.78. The van der Waals surface area contributed by atoms with Gasteiger partial charge < -0.3 is 0 Å². The van der Waals surface area contributed by atoms with E-state index in [1.165, 1.54) is 0 Å². The highest BCUT2D eigenvalue weighted by Gasteiger charge is 1.93. The molecule has 0 radical (unpaired) electrons. The Morgan fingerprint density at radius 3 is 1.88 bits per heavy atom. The van der Waals surface area contributed by atoms with Crippen molar-refractivity contribution in [3.63, 3.8) is 0 Å². The highest BCUT2D eigenvalue weighted by molar-refractivity contribution is 7.99. The molecule has 0 saturated carbocycles. The Morgan fingerprint density at radius 2 is 1.88 bits per heavy atom. The van der Waals surface area contributed by atoms with Crippen LogP contribution in [0.3, 0.4) is 0 Å². The van der Waals surface area contributed by atoms with E-state index in [-0.39, 0.29) is 0 Å². The van der Waals surface area contributed by atoms with Gasteiger partial charge in [-0.15, -0.1) is 0 Å². The fraction of sp³-hybridized carbons (Fsp3) is 0.800. The number of nitrogens with one attached hydrogen (secondary N) is 1. The molecule has 0 amide bonds. The van der Waals surface area contributed by atoms with E-state index in [0.717, 1.165) is 4.86 Å². The molecule has 0 fully saturated rings. The van der Waals surface area contributed by atoms with E-state index in [9.17, 15) is 4.21 Å². The molecule has 0 aliphatic heterocycles. The summed E-state index contributed by atoms with van der Waals surface area (Å²) in [7, 11) is -0.116. The maximum Gasteiger partial charge on any atom is 0.0272 e. The molecule has 3 heteroatoms. The first kappa shape index (κ1) is 7.98. The summed E-state index contributed by atoms with van der Waals surface area (Å²) in [5.74, 6) is 0. The molecular weight excluding hydrogens is 122 g/mol. The van der Waals surface area contributed by atoms with E-state index >= 15 is 0 Å². The second-order valence-corrected chi connectivity index (χ2v) is 4.87. The Balaban J connectivity index is 4.63. The van der Waals surface area contributed by atoms with Crippen molar-refractivity contribution in [3.05, 3.63) is 0 Å². The van der Waals surface area contributed by atoms with Crippen molar-refractivity contribution in [2.45, 2.75) is 13.8 Å². The predicted octanol–water partition coefficient (Wildman–Crippen LogP) is 0.247. The standard InChI is InChI=1S/C5H13NOS/c1-5(2)8(4,7)6-3/h1-4H3,(H,6,7). The number of hydrogen-bond donors (Lipinski definition) is 1. The summed E-state index contributed by atoms with van der Waals surface area (Å²) in [5.41, 5.74) is 0. The lowest BCUT2D eigenvalue weighted by molar-refractivity contribution is 0.679. The fourth-order valence-corrected chi connectivity index (χ4v) is 0.612. The highest BCUT2D eigenvalue weighted by atomic mass is 32.2. The molecule has 2 nitrogen and oxygen atoms in total. The summed E-state index contributed by atoms with van der Waals surface area (Å²) in [6.45, 7) is 3.72. The van der Waals surface area contributed by atoms with Crippen LogP contribution in [0.5, 0.6) is 0 Å². The SMILES string of the molecule is CNS(C)(=O)=C(C)C.